The first kappa shape index (κ1) is 5.33. The summed E-state index contributed by atoms with van der Waals surface area (Å²) in [6, 6.07) is 0. The van der Waals surface area contributed by atoms with Gasteiger partial charge in [-0.2, -0.15) is 0 Å². The van der Waals surface area contributed by atoms with Crippen LogP contribution in [-0.4, -0.2) is 5.58 Å². The Morgan fingerprint density at radius 2 is 2.20 bits per heavy atom. The van der Waals surface area contributed by atoms with Gasteiger partial charge in [0.15, 0.2) is 0 Å². The number of amidine groups is 1. The molecule has 2 atom stereocenters. The lowest BCUT2D eigenvalue weighted by Crippen LogP contribution is -1.97. The molecule has 0 radical (unpaired) electrons. The quantitative estimate of drug-likeness (QED) is 0.284. The number of hydrogen-bond donors (Lipinski definition) is 2. The van der Waals surface area contributed by atoms with E-state index >= 15 is 0 Å². The van der Waals surface area contributed by atoms with Gasteiger partial charge in [0, 0.05) is 0 Å². The highest BCUT2D eigenvalue weighted by Gasteiger charge is 1.70. The largest absolute Gasteiger partial charge is 0.384 e. The number of rotatable bonds is 1. The summed E-state index contributed by atoms with van der Waals surface area (Å²) in [5.74, 6) is 0. The maximum Gasteiger partial charge on any atom is 0.115 e. The van der Waals surface area contributed by atoms with E-state index in [-0.39, 0.29) is 5.58 Å². The zero-order chi connectivity index (χ0) is 4.28. The molecule has 0 aromatic carbocycles. The molecule has 0 fully saturated rings. The molecule has 2 unspecified atom stereocenters. The van der Waals surface area contributed by atoms with Gasteiger partial charge < -0.3 is 5.73 Å². The fourth-order valence-electron chi connectivity index (χ4n) is 0. The number of nitrogens with two attached hydrogens (primary N) is 1. The predicted octanol–water partition coefficient (Wildman–Crippen LogP) is 0.348. The van der Waals surface area contributed by atoms with E-state index in [1.807, 2.05) is 0 Å². The Morgan fingerprint density at radius 1 is 2.00 bits per heavy atom. The molecule has 0 heterocycles. The van der Waals surface area contributed by atoms with Gasteiger partial charge in [-0.1, -0.05) is 0 Å². The fourth-order valence-corrected chi connectivity index (χ4v) is 0. The van der Waals surface area contributed by atoms with Crippen LogP contribution in [0.1, 0.15) is 0 Å². The van der Waals surface area contributed by atoms with E-state index in [1.54, 1.807) is 0 Å². The Balaban J connectivity index is 2.85. The minimum atomic E-state index is 0.245. The Hall–Kier alpha value is 0.330. The highest BCUT2D eigenvalue weighted by Crippen LogP contribution is 2.16. The number of nitrogens with one attached hydrogen (secondary N) is 1. The summed E-state index contributed by atoms with van der Waals surface area (Å²) in [7, 11) is 2.76. The lowest BCUT2D eigenvalue weighted by Gasteiger charge is -1.79. The third-order valence-corrected chi connectivity index (χ3v) is 1.40. The summed E-state index contributed by atoms with van der Waals surface area (Å²) >= 11 is 0. The van der Waals surface area contributed by atoms with Gasteiger partial charge in [-0.05, 0) is 8.27 Å². The highest BCUT2D eigenvalue weighted by molar-refractivity contribution is 8.11. The Bertz CT molecular complexity index is 42.9. The average molecular weight is 108 g/mol. The van der Waals surface area contributed by atoms with Crippen LogP contribution in [0.15, 0.2) is 0 Å². The molecule has 0 rings (SSSR count). The van der Waals surface area contributed by atoms with Gasteiger partial charge in [-0.15, -0.1) is 8.93 Å². The highest BCUT2D eigenvalue weighted by atomic mass is 32.0. The van der Waals surface area contributed by atoms with E-state index in [4.69, 9.17) is 11.1 Å². The zero-order valence-electron chi connectivity index (χ0n) is 2.65. The molecule has 0 saturated heterocycles. The molecule has 0 aliphatic heterocycles. The standard InChI is InChI=1S/CH6N2P2/c2-1(3)5-4/h5H,4H2,(H3,2,3). The van der Waals surface area contributed by atoms with Gasteiger partial charge in [0.1, 0.15) is 5.58 Å². The molecule has 5 heavy (non-hydrogen) atoms. The third kappa shape index (κ3) is 4.33. The van der Waals surface area contributed by atoms with Crippen LogP contribution in [0.5, 0.6) is 0 Å². The molecule has 0 bridgehead atoms. The van der Waals surface area contributed by atoms with Crippen LogP contribution in [-0.2, 0) is 0 Å². The minimum Gasteiger partial charge on any atom is -0.384 e. The minimum absolute atomic E-state index is 0.245. The lowest BCUT2D eigenvalue weighted by molar-refractivity contribution is 1.51. The van der Waals surface area contributed by atoms with E-state index < -0.39 is 0 Å². The van der Waals surface area contributed by atoms with Crippen molar-refractivity contribution in [1.82, 2.24) is 0 Å². The van der Waals surface area contributed by atoms with Crippen molar-refractivity contribution in [1.29, 1.82) is 5.41 Å². The molecule has 4 heteroatoms. The Labute approximate surface area is 34.9 Å². The average Bonchev–Trinajstić information content (AvgIpc) is 1.38. The van der Waals surface area contributed by atoms with E-state index in [9.17, 15) is 0 Å². The van der Waals surface area contributed by atoms with Crippen molar-refractivity contribution < 1.29 is 0 Å². The van der Waals surface area contributed by atoms with Gasteiger partial charge in [0.25, 0.3) is 0 Å². The first-order chi connectivity index (χ1) is 2.27. The summed E-state index contributed by atoms with van der Waals surface area (Å²) in [6.45, 7) is 0. The van der Waals surface area contributed by atoms with E-state index in [2.05, 4.69) is 8.93 Å². The first-order valence-electron chi connectivity index (χ1n) is 1.08. The smallest absolute Gasteiger partial charge is 0.115 e. The summed E-state index contributed by atoms with van der Waals surface area (Å²) in [6.07, 6.45) is 0. The zero-order valence-corrected chi connectivity index (χ0v) is 4.81. The third-order valence-electron chi connectivity index (χ3n) is 0.156. The fraction of sp³-hybridized carbons (Fsp3) is 0. The summed E-state index contributed by atoms with van der Waals surface area (Å²) in [4.78, 5) is 0. The number of hydrogen-bond acceptors (Lipinski definition) is 1. The van der Waals surface area contributed by atoms with Crippen molar-refractivity contribution in [3.05, 3.63) is 0 Å². The van der Waals surface area contributed by atoms with E-state index in [0.29, 0.717) is 8.27 Å². The van der Waals surface area contributed by atoms with Gasteiger partial charge in [0.2, 0.25) is 0 Å². The van der Waals surface area contributed by atoms with Crippen molar-refractivity contribution in [2.75, 3.05) is 0 Å². The molecule has 0 saturated carbocycles. The second-order valence-corrected chi connectivity index (χ2v) is 2.25. The normalized spacial score (nSPS) is 9.80. The van der Waals surface area contributed by atoms with Crippen molar-refractivity contribution in [2.45, 2.75) is 0 Å². The van der Waals surface area contributed by atoms with Crippen LogP contribution in [0.4, 0.5) is 0 Å². The second kappa shape index (κ2) is 2.56. The summed E-state index contributed by atoms with van der Waals surface area (Å²) < 4.78 is 0. The van der Waals surface area contributed by atoms with Crippen LogP contribution < -0.4 is 5.73 Å². The van der Waals surface area contributed by atoms with Crippen molar-refractivity contribution in [2.24, 2.45) is 5.73 Å². The Morgan fingerprint density at radius 3 is 2.20 bits per heavy atom. The van der Waals surface area contributed by atoms with E-state index in [0.717, 1.165) is 0 Å². The summed E-state index contributed by atoms with van der Waals surface area (Å²) in [5, 5.41) is 6.51. The van der Waals surface area contributed by atoms with Crippen molar-refractivity contribution in [3.8, 4) is 0 Å². The molecule has 0 amide bonds. The SMILES string of the molecule is N=C(N)PP. The van der Waals surface area contributed by atoms with Gasteiger partial charge >= 0.3 is 0 Å². The van der Waals surface area contributed by atoms with Crippen LogP contribution in [0.25, 0.3) is 0 Å². The summed E-state index contributed by atoms with van der Waals surface area (Å²) in [5.41, 5.74) is 5.11. The van der Waals surface area contributed by atoms with Gasteiger partial charge in [-0.25, -0.2) is 0 Å². The maximum atomic E-state index is 6.51. The monoisotopic (exact) mass is 108 g/mol. The molecule has 30 valence electrons. The maximum absolute atomic E-state index is 6.51. The lowest BCUT2D eigenvalue weighted by atomic mass is 11.4. The molecule has 0 aliphatic carbocycles. The topological polar surface area (TPSA) is 49.9 Å². The molecule has 0 aliphatic rings. The molecule has 2 nitrogen and oxygen atoms in total. The van der Waals surface area contributed by atoms with Crippen molar-refractivity contribution in [3.63, 3.8) is 0 Å². The predicted molar refractivity (Wildman–Crippen MR) is 29.9 cm³/mol. The van der Waals surface area contributed by atoms with Crippen LogP contribution in [0.2, 0.25) is 0 Å². The van der Waals surface area contributed by atoms with Gasteiger partial charge in [0.05, 0.1) is 0 Å². The van der Waals surface area contributed by atoms with Crippen LogP contribution in [0, 0.1) is 5.41 Å². The Kier molecular flexibility index (Phi) is 2.73. The van der Waals surface area contributed by atoms with Crippen LogP contribution >= 0.6 is 17.2 Å². The molecular formula is CH6N2P2. The van der Waals surface area contributed by atoms with Crippen molar-refractivity contribution >= 4 is 22.8 Å². The van der Waals surface area contributed by atoms with Gasteiger partial charge in [-0.3, -0.25) is 5.41 Å². The van der Waals surface area contributed by atoms with E-state index in [1.165, 1.54) is 0 Å². The first-order valence-corrected chi connectivity index (χ1v) is 3.89. The molecular weight excluding hydrogens is 102 g/mol. The molecule has 0 spiro atoms. The molecule has 0 aromatic heterocycles. The molecule has 0 aromatic rings. The second-order valence-electron chi connectivity index (χ2n) is 0.558. The molecule has 3 N–H and O–H groups in total. The van der Waals surface area contributed by atoms with Crippen LogP contribution in [0.3, 0.4) is 0 Å².